The first kappa shape index (κ1) is 18.1. The van der Waals surface area contributed by atoms with E-state index in [0.29, 0.717) is 18.7 Å². The summed E-state index contributed by atoms with van der Waals surface area (Å²) in [7, 11) is 0. The van der Waals surface area contributed by atoms with Crippen LogP contribution in [0.25, 0.3) is 0 Å². The molecular weight excluding hydrogens is 349 g/mol. The van der Waals surface area contributed by atoms with Crippen LogP contribution in [0.3, 0.4) is 0 Å². The molecule has 2 nitrogen and oxygen atoms in total. The van der Waals surface area contributed by atoms with Crippen LogP contribution in [0, 0.1) is 0 Å². The third-order valence-electron chi connectivity index (χ3n) is 7.43. The smallest absolute Gasteiger partial charge is 0.178 e. The highest BCUT2D eigenvalue weighted by Crippen LogP contribution is 2.49. The maximum absolute atomic E-state index is 14.7. The molecule has 0 radical (unpaired) electrons. The number of piperidine rings is 1. The Kier molecular flexibility index (Phi) is 4.39. The molecule has 0 N–H and O–H groups in total. The molecule has 3 unspecified atom stereocenters. The van der Waals surface area contributed by atoms with Gasteiger partial charge >= 0.3 is 0 Å². The summed E-state index contributed by atoms with van der Waals surface area (Å²) in [6.07, 6.45) is 7.05. The molecule has 2 aromatic carbocycles. The zero-order valence-corrected chi connectivity index (χ0v) is 16.4. The quantitative estimate of drug-likeness (QED) is 0.712. The molecule has 0 aromatic heterocycles. The van der Waals surface area contributed by atoms with Crippen molar-refractivity contribution >= 4 is 6.29 Å². The molecule has 1 saturated carbocycles. The minimum atomic E-state index is -1.65. The van der Waals surface area contributed by atoms with Gasteiger partial charge < -0.3 is 0 Å². The van der Waals surface area contributed by atoms with Gasteiger partial charge in [-0.15, -0.1) is 0 Å². The first-order chi connectivity index (χ1) is 13.6. The molecule has 2 aliphatic carbocycles. The summed E-state index contributed by atoms with van der Waals surface area (Å²) in [4.78, 5) is 13.6. The number of hydrogen-bond donors (Lipinski definition) is 0. The SMILES string of the molecule is O=CC1(F)CCCN(C2CCC3(Cc4ccccc4Cc4ccccc43)C2)C1. The van der Waals surface area contributed by atoms with Crippen molar-refractivity contribution in [1.82, 2.24) is 4.90 Å². The zero-order valence-electron chi connectivity index (χ0n) is 16.4. The second-order valence-corrected chi connectivity index (χ2v) is 9.18. The van der Waals surface area contributed by atoms with Gasteiger partial charge in [-0.25, -0.2) is 4.39 Å². The molecule has 3 atom stereocenters. The summed E-state index contributed by atoms with van der Waals surface area (Å²) in [5, 5.41) is 0. The van der Waals surface area contributed by atoms with Gasteiger partial charge in [-0.2, -0.15) is 0 Å². The molecule has 28 heavy (non-hydrogen) atoms. The summed E-state index contributed by atoms with van der Waals surface area (Å²) >= 11 is 0. The maximum Gasteiger partial charge on any atom is 0.178 e. The van der Waals surface area contributed by atoms with E-state index in [1.165, 1.54) is 22.3 Å². The molecular formula is C25H28FNO. The fourth-order valence-electron chi connectivity index (χ4n) is 6.05. The first-order valence-electron chi connectivity index (χ1n) is 10.7. The summed E-state index contributed by atoms with van der Waals surface area (Å²) in [5.74, 6) is 0. The number of alkyl halides is 1. The predicted molar refractivity (Wildman–Crippen MR) is 109 cm³/mol. The molecule has 1 aliphatic heterocycles. The molecule has 2 aromatic rings. The number of nitrogens with zero attached hydrogens (tertiary/aromatic N) is 1. The minimum absolute atomic E-state index is 0.130. The lowest BCUT2D eigenvalue weighted by molar-refractivity contribution is -0.122. The van der Waals surface area contributed by atoms with Crippen LogP contribution in [0.15, 0.2) is 48.5 Å². The molecule has 146 valence electrons. The Morgan fingerprint density at radius 3 is 2.57 bits per heavy atom. The summed E-state index contributed by atoms with van der Waals surface area (Å²) in [6.45, 7) is 1.19. The van der Waals surface area contributed by atoms with Gasteiger partial charge in [-0.3, -0.25) is 9.69 Å². The Balaban J connectivity index is 1.49. The Morgan fingerprint density at radius 2 is 1.75 bits per heavy atom. The Hall–Kier alpha value is -2.00. The highest BCUT2D eigenvalue weighted by atomic mass is 19.1. The van der Waals surface area contributed by atoms with Crippen molar-refractivity contribution in [3.05, 3.63) is 70.8 Å². The van der Waals surface area contributed by atoms with E-state index in [9.17, 15) is 9.18 Å². The van der Waals surface area contributed by atoms with Gasteiger partial charge in [0.05, 0.1) is 0 Å². The van der Waals surface area contributed by atoms with Crippen LogP contribution in [0.5, 0.6) is 0 Å². The fourth-order valence-corrected chi connectivity index (χ4v) is 6.05. The van der Waals surface area contributed by atoms with Gasteiger partial charge in [-0.05, 0) is 73.7 Å². The molecule has 3 heteroatoms. The number of hydrogen-bond acceptors (Lipinski definition) is 2. The number of carbonyl (C=O) groups excluding carboxylic acids is 1. The van der Waals surface area contributed by atoms with E-state index < -0.39 is 5.67 Å². The van der Waals surface area contributed by atoms with Crippen LogP contribution in [0.4, 0.5) is 4.39 Å². The fraction of sp³-hybridized carbons (Fsp3) is 0.480. The molecule has 0 bridgehead atoms. The van der Waals surface area contributed by atoms with Gasteiger partial charge in [0.2, 0.25) is 0 Å². The number of aldehydes is 1. The Labute approximate surface area is 166 Å². The number of benzene rings is 2. The van der Waals surface area contributed by atoms with Crippen molar-refractivity contribution in [3.8, 4) is 0 Å². The largest absolute Gasteiger partial charge is 0.300 e. The number of carbonyl (C=O) groups is 1. The van der Waals surface area contributed by atoms with Crippen molar-refractivity contribution in [1.29, 1.82) is 0 Å². The van der Waals surface area contributed by atoms with Crippen molar-refractivity contribution in [2.45, 2.75) is 62.1 Å². The van der Waals surface area contributed by atoms with Crippen LogP contribution in [-0.4, -0.2) is 36.0 Å². The lowest BCUT2D eigenvalue weighted by atomic mass is 9.73. The van der Waals surface area contributed by atoms with Crippen molar-refractivity contribution < 1.29 is 9.18 Å². The minimum Gasteiger partial charge on any atom is -0.300 e. The molecule has 1 heterocycles. The third-order valence-corrected chi connectivity index (χ3v) is 7.43. The molecule has 3 aliphatic rings. The van der Waals surface area contributed by atoms with Gasteiger partial charge in [0, 0.05) is 18.0 Å². The average molecular weight is 378 g/mol. The summed E-state index contributed by atoms with van der Waals surface area (Å²) < 4.78 is 14.7. The highest BCUT2D eigenvalue weighted by Gasteiger charge is 2.47. The van der Waals surface area contributed by atoms with Crippen LogP contribution in [0.1, 0.15) is 54.4 Å². The number of halogens is 1. The van der Waals surface area contributed by atoms with Gasteiger partial charge in [0.15, 0.2) is 12.0 Å². The molecule has 1 saturated heterocycles. The number of fused-ring (bicyclic) bond motifs is 3. The van der Waals surface area contributed by atoms with E-state index >= 15 is 0 Å². The number of likely N-dealkylation sites (tertiary alicyclic amines) is 1. The number of rotatable bonds is 2. The first-order valence-corrected chi connectivity index (χ1v) is 10.7. The second-order valence-electron chi connectivity index (χ2n) is 9.18. The lowest BCUT2D eigenvalue weighted by Gasteiger charge is -2.39. The van der Waals surface area contributed by atoms with Gasteiger partial charge in [0.1, 0.15) is 0 Å². The molecule has 5 rings (SSSR count). The summed E-state index contributed by atoms with van der Waals surface area (Å²) in [6, 6.07) is 18.2. The van der Waals surface area contributed by atoms with Crippen LogP contribution < -0.4 is 0 Å². The van der Waals surface area contributed by atoms with E-state index in [1.807, 2.05) is 0 Å². The van der Waals surface area contributed by atoms with Gasteiger partial charge in [0.25, 0.3) is 0 Å². The topological polar surface area (TPSA) is 20.3 Å². The van der Waals surface area contributed by atoms with Crippen molar-refractivity contribution in [2.24, 2.45) is 0 Å². The van der Waals surface area contributed by atoms with E-state index in [2.05, 4.69) is 53.4 Å². The zero-order chi connectivity index (χ0) is 19.2. The van der Waals surface area contributed by atoms with Crippen LogP contribution in [-0.2, 0) is 23.1 Å². The highest BCUT2D eigenvalue weighted by molar-refractivity contribution is 5.63. The van der Waals surface area contributed by atoms with E-state index in [-0.39, 0.29) is 12.0 Å². The second kappa shape index (κ2) is 6.81. The molecule has 1 spiro atoms. The monoisotopic (exact) mass is 377 g/mol. The maximum atomic E-state index is 14.7. The Bertz CT molecular complexity index is 896. The van der Waals surface area contributed by atoms with E-state index in [4.69, 9.17) is 0 Å². The Morgan fingerprint density at radius 1 is 1.00 bits per heavy atom. The van der Waals surface area contributed by atoms with E-state index in [0.717, 1.165) is 45.1 Å². The predicted octanol–water partition coefficient (Wildman–Crippen LogP) is 4.63. The van der Waals surface area contributed by atoms with E-state index in [1.54, 1.807) is 0 Å². The van der Waals surface area contributed by atoms with Crippen LogP contribution in [0.2, 0.25) is 0 Å². The van der Waals surface area contributed by atoms with Crippen molar-refractivity contribution in [3.63, 3.8) is 0 Å². The average Bonchev–Trinajstić information content (AvgIpc) is 3.09. The standard InChI is InChI=1S/C25H28FNO/c26-25(18-28)11-5-13-27(17-25)22-10-12-24(16-22)15-21-8-2-1-6-19(21)14-20-7-3-4-9-23(20)24/h1-4,6-9,18,22H,5,10-17H2. The lowest BCUT2D eigenvalue weighted by Crippen LogP contribution is -2.50. The van der Waals surface area contributed by atoms with Gasteiger partial charge in [-0.1, -0.05) is 48.5 Å². The summed E-state index contributed by atoms with van der Waals surface area (Å²) in [5.41, 5.74) is 4.32. The van der Waals surface area contributed by atoms with Crippen LogP contribution >= 0.6 is 0 Å². The molecule has 0 amide bonds. The van der Waals surface area contributed by atoms with Crippen molar-refractivity contribution in [2.75, 3.05) is 13.1 Å². The normalized spacial score (nSPS) is 32.5. The third kappa shape index (κ3) is 3.00. The molecule has 2 fully saturated rings.